The van der Waals surface area contributed by atoms with E-state index in [4.69, 9.17) is 5.73 Å². The molecule has 1 aromatic carbocycles. The number of rotatable bonds is 3. The van der Waals surface area contributed by atoms with Crippen molar-refractivity contribution in [2.24, 2.45) is 5.73 Å². The third-order valence-electron chi connectivity index (χ3n) is 1.93. The first-order chi connectivity index (χ1) is 6.63. The summed E-state index contributed by atoms with van der Waals surface area (Å²) in [5.74, 6) is -0.308. The van der Waals surface area contributed by atoms with Crippen molar-refractivity contribution in [2.45, 2.75) is 19.4 Å². The highest BCUT2D eigenvalue weighted by molar-refractivity contribution is 5.89. The van der Waals surface area contributed by atoms with Crippen molar-refractivity contribution in [1.82, 2.24) is 0 Å². The highest BCUT2D eigenvalue weighted by Gasteiger charge is 2.04. The molecular weight excluding hydrogens is 214 g/mol. The van der Waals surface area contributed by atoms with Gasteiger partial charge in [0.05, 0.1) is 12.7 Å². The zero-order chi connectivity index (χ0) is 10.6. The summed E-state index contributed by atoms with van der Waals surface area (Å²) >= 11 is 0. The summed E-state index contributed by atoms with van der Waals surface area (Å²) in [5.41, 5.74) is 7.36. The number of benzene rings is 1. The second-order valence-electron chi connectivity index (χ2n) is 3.37. The molecule has 0 amide bonds. The minimum Gasteiger partial charge on any atom is -0.465 e. The number of ether oxygens (including phenoxy) is 1. The molecule has 0 aromatic heterocycles. The van der Waals surface area contributed by atoms with E-state index in [1.807, 2.05) is 19.1 Å². The number of nitrogens with two attached hydrogens (primary N) is 1. The molecule has 0 heterocycles. The quantitative estimate of drug-likeness (QED) is 0.804. The monoisotopic (exact) mass is 229 g/mol. The number of halogens is 1. The van der Waals surface area contributed by atoms with Crippen molar-refractivity contribution in [3.63, 3.8) is 0 Å². The van der Waals surface area contributed by atoms with Crippen molar-refractivity contribution >= 4 is 18.4 Å². The zero-order valence-corrected chi connectivity index (χ0v) is 9.71. The smallest absolute Gasteiger partial charge is 0.337 e. The number of methoxy groups -OCH3 is 1. The fraction of sp³-hybridized carbons (Fsp3) is 0.364. The Morgan fingerprint density at radius 3 is 2.33 bits per heavy atom. The Bertz CT molecular complexity index is 309. The third-order valence-corrected chi connectivity index (χ3v) is 1.93. The number of carbonyl (C=O) groups is 1. The van der Waals surface area contributed by atoms with E-state index in [0.29, 0.717) is 5.56 Å². The molecule has 2 N–H and O–H groups in total. The number of esters is 1. The van der Waals surface area contributed by atoms with Gasteiger partial charge in [-0.15, -0.1) is 12.4 Å². The lowest BCUT2D eigenvalue weighted by Crippen LogP contribution is -2.17. The minimum absolute atomic E-state index is 0. The topological polar surface area (TPSA) is 52.3 Å². The Morgan fingerprint density at radius 1 is 1.40 bits per heavy atom. The molecule has 0 spiro atoms. The molecule has 0 radical (unpaired) electrons. The molecule has 0 saturated carbocycles. The van der Waals surface area contributed by atoms with Gasteiger partial charge in [0.1, 0.15) is 0 Å². The summed E-state index contributed by atoms with van der Waals surface area (Å²) in [6.07, 6.45) is 0.821. The Morgan fingerprint density at radius 2 is 1.93 bits per heavy atom. The maximum atomic E-state index is 11.1. The Balaban J connectivity index is 0.00000196. The molecule has 15 heavy (non-hydrogen) atoms. The van der Waals surface area contributed by atoms with Crippen LogP contribution in [0.25, 0.3) is 0 Å². The standard InChI is InChI=1S/C11H15NO2.ClH/c1-8(12)7-9-3-5-10(6-4-9)11(13)14-2;/h3-6,8H,7,12H2,1-2H3;1H/t8-;/m1./s1. The van der Waals surface area contributed by atoms with Crippen LogP contribution in [0.1, 0.15) is 22.8 Å². The molecule has 0 unspecified atom stereocenters. The molecule has 0 bridgehead atoms. The minimum atomic E-state index is -0.308. The van der Waals surface area contributed by atoms with Gasteiger partial charge in [0, 0.05) is 6.04 Å². The van der Waals surface area contributed by atoms with Gasteiger partial charge in [0.2, 0.25) is 0 Å². The van der Waals surface area contributed by atoms with Crippen molar-refractivity contribution < 1.29 is 9.53 Å². The molecule has 0 aliphatic heterocycles. The highest BCUT2D eigenvalue weighted by atomic mass is 35.5. The van der Waals surface area contributed by atoms with Gasteiger partial charge in [0.25, 0.3) is 0 Å². The number of hydrogen-bond acceptors (Lipinski definition) is 3. The zero-order valence-electron chi connectivity index (χ0n) is 8.90. The summed E-state index contributed by atoms with van der Waals surface area (Å²) in [5, 5.41) is 0. The van der Waals surface area contributed by atoms with Crippen LogP contribution >= 0.6 is 12.4 Å². The average Bonchev–Trinajstić information content (AvgIpc) is 2.17. The van der Waals surface area contributed by atoms with E-state index in [9.17, 15) is 4.79 Å². The fourth-order valence-corrected chi connectivity index (χ4v) is 1.27. The summed E-state index contributed by atoms with van der Waals surface area (Å²) in [6, 6.07) is 7.44. The summed E-state index contributed by atoms with van der Waals surface area (Å²) in [6.45, 7) is 1.95. The van der Waals surface area contributed by atoms with Gasteiger partial charge in [0.15, 0.2) is 0 Å². The molecule has 0 aliphatic rings. The molecule has 84 valence electrons. The molecule has 1 atom stereocenters. The molecule has 1 rings (SSSR count). The third kappa shape index (κ3) is 4.32. The van der Waals surface area contributed by atoms with Crippen molar-refractivity contribution in [3.8, 4) is 0 Å². The van der Waals surface area contributed by atoms with E-state index in [1.54, 1.807) is 12.1 Å². The summed E-state index contributed by atoms with van der Waals surface area (Å²) < 4.78 is 4.59. The maximum absolute atomic E-state index is 11.1. The normalized spacial score (nSPS) is 11.4. The van der Waals surface area contributed by atoms with Gasteiger partial charge in [-0.3, -0.25) is 0 Å². The summed E-state index contributed by atoms with van der Waals surface area (Å²) in [7, 11) is 1.37. The van der Waals surface area contributed by atoms with E-state index in [1.165, 1.54) is 7.11 Å². The van der Waals surface area contributed by atoms with Gasteiger partial charge in [-0.25, -0.2) is 4.79 Å². The molecule has 4 heteroatoms. The Kier molecular flexibility index (Phi) is 5.97. The SMILES string of the molecule is COC(=O)c1ccc(C[C@@H](C)N)cc1.Cl. The first kappa shape index (κ1) is 13.9. The van der Waals surface area contributed by atoms with Gasteiger partial charge < -0.3 is 10.5 Å². The second-order valence-corrected chi connectivity index (χ2v) is 3.37. The average molecular weight is 230 g/mol. The van der Waals surface area contributed by atoms with Crippen molar-refractivity contribution in [1.29, 1.82) is 0 Å². The van der Waals surface area contributed by atoms with Crippen molar-refractivity contribution in [2.75, 3.05) is 7.11 Å². The first-order valence-electron chi connectivity index (χ1n) is 4.56. The van der Waals surface area contributed by atoms with E-state index in [2.05, 4.69) is 4.74 Å². The van der Waals surface area contributed by atoms with E-state index in [0.717, 1.165) is 12.0 Å². The Labute approximate surface area is 96.0 Å². The van der Waals surface area contributed by atoms with Crippen LogP contribution in [0.15, 0.2) is 24.3 Å². The molecule has 3 nitrogen and oxygen atoms in total. The molecule has 0 fully saturated rings. The highest BCUT2D eigenvalue weighted by Crippen LogP contribution is 2.07. The van der Waals surface area contributed by atoms with Crippen LogP contribution in [-0.4, -0.2) is 19.1 Å². The van der Waals surface area contributed by atoms with E-state index >= 15 is 0 Å². The molecular formula is C11H16ClNO2. The Hall–Kier alpha value is -1.06. The van der Waals surface area contributed by atoms with Crippen LogP contribution in [0, 0.1) is 0 Å². The number of carbonyl (C=O) groups excluding carboxylic acids is 1. The van der Waals surface area contributed by atoms with Crippen LogP contribution in [0.4, 0.5) is 0 Å². The first-order valence-corrected chi connectivity index (χ1v) is 4.56. The van der Waals surface area contributed by atoms with Crippen molar-refractivity contribution in [3.05, 3.63) is 35.4 Å². The molecule has 1 aromatic rings. The van der Waals surface area contributed by atoms with E-state index < -0.39 is 0 Å². The van der Waals surface area contributed by atoms with Gasteiger partial charge in [-0.05, 0) is 31.0 Å². The fourth-order valence-electron chi connectivity index (χ4n) is 1.27. The predicted molar refractivity (Wildman–Crippen MR) is 62.4 cm³/mol. The lowest BCUT2D eigenvalue weighted by atomic mass is 10.1. The molecule has 0 saturated heterocycles. The lowest BCUT2D eigenvalue weighted by Gasteiger charge is -2.05. The largest absolute Gasteiger partial charge is 0.465 e. The van der Waals surface area contributed by atoms with Crippen LogP contribution < -0.4 is 5.73 Å². The van der Waals surface area contributed by atoms with Gasteiger partial charge in [-0.2, -0.15) is 0 Å². The van der Waals surface area contributed by atoms with Crippen LogP contribution in [0.3, 0.4) is 0 Å². The lowest BCUT2D eigenvalue weighted by molar-refractivity contribution is 0.0601. The van der Waals surface area contributed by atoms with Crippen LogP contribution in [0.5, 0.6) is 0 Å². The summed E-state index contributed by atoms with van der Waals surface area (Å²) in [4.78, 5) is 11.1. The van der Waals surface area contributed by atoms with E-state index in [-0.39, 0.29) is 24.4 Å². The van der Waals surface area contributed by atoms with Crippen LogP contribution in [-0.2, 0) is 11.2 Å². The maximum Gasteiger partial charge on any atom is 0.337 e. The number of hydrogen-bond donors (Lipinski definition) is 1. The molecule has 0 aliphatic carbocycles. The van der Waals surface area contributed by atoms with Gasteiger partial charge >= 0.3 is 5.97 Å². The predicted octanol–water partition coefficient (Wildman–Crippen LogP) is 1.78. The van der Waals surface area contributed by atoms with Crippen LogP contribution in [0.2, 0.25) is 0 Å². The second kappa shape index (κ2) is 6.43. The van der Waals surface area contributed by atoms with Gasteiger partial charge in [-0.1, -0.05) is 12.1 Å².